The van der Waals surface area contributed by atoms with Crippen molar-refractivity contribution < 1.29 is 23.9 Å². The number of rotatable bonds is 7. The van der Waals surface area contributed by atoms with E-state index in [2.05, 4.69) is 50.4 Å². The minimum atomic E-state index is -0.772. The van der Waals surface area contributed by atoms with Gasteiger partial charge in [0, 0.05) is 30.6 Å². The lowest BCUT2D eigenvalue weighted by molar-refractivity contribution is -0.122. The first-order valence-corrected chi connectivity index (χ1v) is 16.6. The van der Waals surface area contributed by atoms with Crippen LogP contribution < -0.4 is 24.6 Å². The number of nitrogens with one attached hydrogen (secondary N) is 1. The Labute approximate surface area is 282 Å². The van der Waals surface area contributed by atoms with Gasteiger partial charge in [-0.3, -0.25) is 14.9 Å². The molecule has 1 fully saturated rings. The van der Waals surface area contributed by atoms with Gasteiger partial charge in [-0.2, -0.15) is 0 Å². The third-order valence-corrected chi connectivity index (χ3v) is 9.80. The highest BCUT2D eigenvalue weighted by Crippen LogP contribution is 2.50. The lowest BCUT2D eigenvalue weighted by atomic mass is 9.76. The first-order chi connectivity index (χ1) is 22.9. The van der Waals surface area contributed by atoms with Crippen LogP contribution in [0.2, 0.25) is 0 Å². The number of nitrogens with zero attached hydrogens (tertiary/aromatic N) is 2. The fourth-order valence-corrected chi connectivity index (χ4v) is 7.78. The summed E-state index contributed by atoms with van der Waals surface area (Å²) < 4.78 is 11.8. The van der Waals surface area contributed by atoms with Crippen molar-refractivity contribution in [3.05, 3.63) is 123 Å². The normalized spacial score (nSPS) is 19.8. The van der Waals surface area contributed by atoms with Crippen LogP contribution in [0.3, 0.4) is 0 Å². The van der Waals surface area contributed by atoms with Crippen LogP contribution in [0.25, 0.3) is 6.08 Å². The maximum Gasteiger partial charge on any atom is 0.335 e. The van der Waals surface area contributed by atoms with Crippen molar-refractivity contribution in [1.29, 1.82) is 0 Å². The van der Waals surface area contributed by atoms with Gasteiger partial charge in [0.15, 0.2) is 11.5 Å². The van der Waals surface area contributed by atoms with E-state index in [9.17, 15) is 14.4 Å². The Bertz CT molecular complexity index is 1840. The molecule has 3 heterocycles. The largest absolute Gasteiger partial charge is 0.492 e. The van der Waals surface area contributed by atoms with E-state index in [-0.39, 0.29) is 17.4 Å². The summed E-state index contributed by atoms with van der Waals surface area (Å²) in [4.78, 5) is 44.5. The number of hydrogen-bond acceptors (Lipinski definition) is 6. The van der Waals surface area contributed by atoms with Gasteiger partial charge in [-0.25, -0.2) is 9.69 Å². The molecule has 0 aliphatic carbocycles. The number of carbonyl (C=O) groups excluding carboxylic acids is 3. The van der Waals surface area contributed by atoms with Gasteiger partial charge >= 0.3 is 6.03 Å². The number of barbiturate groups is 1. The minimum absolute atomic E-state index is 0.0870. The molecule has 1 saturated heterocycles. The lowest BCUT2D eigenvalue weighted by Gasteiger charge is -2.44. The molecule has 7 rings (SSSR count). The zero-order chi connectivity index (χ0) is 32.7. The van der Waals surface area contributed by atoms with E-state index in [1.807, 2.05) is 55.5 Å². The SMILES string of the molecule is CCOc1cc(/C=C2\C(=O)NC(=O)N(c3cc4c5c(c3)[C@H](c3ccccc3)CCN5CC[C@H]4c3ccccc3)C2=O)cc(Br)c1OC. The van der Waals surface area contributed by atoms with E-state index in [1.54, 1.807) is 12.1 Å². The van der Waals surface area contributed by atoms with Crippen molar-refractivity contribution in [1.82, 2.24) is 5.32 Å². The van der Waals surface area contributed by atoms with Gasteiger partial charge < -0.3 is 14.4 Å². The summed E-state index contributed by atoms with van der Waals surface area (Å²) in [6.45, 7) is 4.10. The topological polar surface area (TPSA) is 88.2 Å². The van der Waals surface area contributed by atoms with Crippen molar-refractivity contribution in [2.45, 2.75) is 31.6 Å². The number of methoxy groups -OCH3 is 1. The fourth-order valence-electron chi connectivity index (χ4n) is 7.16. The average Bonchev–Trinajstić information content (AvgIpc) is 3.08. The molecule has 9 heteroatoms. The maximum absolute atomic E-state index is 14.2. The fraction of sp³-hybridized carbons (Fsp3) is 0.237. The van der Waals surface area contributed by atoms with E-state index in [4.69, 9.17) is 9.47 Å². The van der Waals surface area contributed by atoms with Crippen molar-refractivity contribution >= 4 is 51.2 Å². The molecule has 0 bridgehead atoms. The summed E-state index contributed by atoms with van der Waals surface area (Å²) in [6, 6.07) is 27.4. The van der Waals surface area contributed by atoms with Gasteiger partial charge in [0.05, 0.1) is 23.9 Å². The van der Waals surface area contributed by atoms with Crippen LogP contribution in [0, 0.1) is 0 Å². The third kappa shape index (κ3) is 5.58. The number of carbonyl (C=O) groups is 3. The molecule has 8 nitrogen and oxygen atoms in total. The third-order valence-electron chi connectivity index (χ3n) is 9.21. The van der Waals surface area contributed by atoms with Crippen LogP contribution in [-0.2, 0) is 9.59 Å². The molecule has 0 unspecified atom stereocenters. The van der Waals surface area contributed by atoms with Crippen molar-refractivity contribution in [2.75, 3.05) is 36.6 Å². The second-order valence-electron chi connectivity index (χ2n) is 11.9. The summed E-state index contributed by atoms with van der Waals surface area (Å²) >= 11 is 3.50. The van der Waals surface area contributed by atoms with E-state index in [1.165, 1.54) is 30.0 Å². The second kappa shape index (κ2) is 12.7. The molecule has 4 aromatic carbocycles. The minimum Gasteiger partial charge on any atom is -0.492 e. The first kappa shape index (κ1) is 30.7. The molecule has 0 saturated carbocycles. The van der Waals surface area contributed by atoms with Gasteiger partial charge in [-0.1, -0.05) is 60.7 Å². The predicted octanol–water partition coefficient (Wildman–Crippen LogP) is 7.40. The highest BCUT2D eigenvalue weighted by Gasteiger charge is 2.40. The molecule has 0 spiro atoms. The molecule has 4 amide bonds. The molecule has 47 heavy (non-hydrogen) atoms. The standard InChI is InChI=1S/C38H34BrN3O5/c1-3-47-33-20-23(19-32(39)35(33)46-2)18-31-36(43)40-38(45)42(37(31)44)26-21-29-27(24-10-6-4-7-11-24)14-16-41-17-15-28(30(22-26)34(29)41)25-12-8-5-9-13-25/h4-13,18-22,27-28H,3,14-17H2,1-2H3,(H,40,43,45)/b31-18+/t27-,28-/m0/s1. The number of hydrogen-bond donors (Lipinski definition) is 1. The molecule has 3 aliphatic heterocycles. The maximum atomic E-state index is 14.2. The van der Waals surface area contributed by atoms with Crippen LogP contribution in [0.15, 0.2) is 95.0 Å². The van der Waals surface area contributed by atoms with Crippen LogP contribution in [0.1, 0.15) is 59.4 Å². The van der Waals surface area contributed by atoms with Crippen molar-refractivity contribution in [2.24, 2.45) is 0 Å². The summed E-state index contributed by atoms with van der Waals surface area (Å²) in [7, 11) is 1.54. The Morgan fingerprint density at radius 2 is 1.47 bits per heavy atom. The average molecular weight is 693 g/mol. The predicted molar refractivity (Wildman–Crippen MR) is 185 cm³/mol. The molecule has 2 atom stereocenters. The number of amides is 4. The molecular weight excluding hydrogens is 658 g/mol. The summed E-state index contributed by atoms with van der Waals surface area (Å²) in [5, 5.41) is 2.41. The quantitative estimate of drug-likeness (QED) is 0.161. The molecule has 0 aromatic heterocycles. The van der Waals surface area contributed by atoms with E-state index < -0.39 is 17.8 Å². The number of imide groups is 2. The monoisotopic (exact) mass is 691 g/mol. The van der Waals surface area contributed by atoms with Crippen LogP contribution in [0.5, 0.6) is 11.5 Å². The number of anilines is 2. The van der Waals surface area contributed by atoms with Crippen molar-refractivity contribution in [3.63, 3.8) is 0 Å². The first-order valence-electron chi connectivity index (χ1n) is 15.8. The Morgan fingerprint density at radius 1 is 0.872 bits per heavy atom. The number of urea groups is 1. The van der Waals surface area contributed by atoms with Gasteiger partial charge in [-0.15, -0.1) is 0 Å². The Morgan fingerprint density at radius 3 is 2.02 bits per heavy atom. The Hall–Kier alpha value is -4.89. The van der Waals surface area contributed by atoms with E-state index in [0.29, 0.717) is 33.8 Å². The van der Waals surface area contributed by atoms with Gasteiger partial charge in [-0.05, 0) is 93.9 Å². The Kier molecular flexibility index (Phi) is 8.32. The smallest absolute Gasteiger partial charge is 0.335 e. The van der Waals surface area contributed by atoms with Crippen LogP contribution in [-0.4, -0.2) is 44.7 Å². The zero-order valence-electron chi connectivity index (χ0n) is 26.2. The molecule has 0 radical (unpaired) electrons. The van der Waals surface area contributed by atoms with E-state index in [0.717, 1.165) is 42.0 Å². The summed E-state index contributed by atoms with van der Waals surface area (Å²) in [5.74, 6) is -0.302. The number of halogens is 1. The number of ether oxygens (including phenoxy) is 2. The molecule has 3 aliphatic rings. The molecular formula is C38H34BrN3O5. The van der Waals surface area contributed by atoms with Crippen LogP contribution in [0.4, 0.5) is 16.2 Å². The van der Waals surface area contributed by atoms with E-state index >= 15 is 0 Å². The van der Waals surface area contributed by atoms with Crippen molar-refractivity contribution in [3.8, 4) is 11.5 Å². The second-order valence-corrected chi connectivity index (χ2v) is 12.7. The molecule has 238 valence electrons. The van der Waals surface area contributed by atoms with Crippen LogP contribution >= 0.6 is 15.9 Å². The molecule has 1 N–H and O–H groups in total. The zero-order valence-corrected chi connectivity index (χ0v) is 27.8. The lowest BCUT2D eigenvalue weighted by Crippen LogP contribution is -2.54. The summed E-state index contributed by atoms with van der Waals surface area (Å²) in [5.41, 5.74) is 6.55. The Balaban J connectivity index is 1.37. The highest BCUT2D eigenvalue weighted by atomic mass is 79.9. The summed E-state index contributed by atoms with van der Waals surface area (Å²) in [6.07, 6.45) is 3.30. The number of benzene rings is 4. The van der Waals surface area contributed by atoms with Gasteiger partial charge in [0.25, 0.3) is 11.8 Å². The molecule has 4 aromatic rings. The van der Waals surface area contributed by atoms with Gasteiger partial charge in [0.2, 0.25) is 0 Å². The van der Waals surface area contributed by atoms with Gasteiger partial charge in [0.1, 0.15) is 5.57 Å². The highest BCUT2D eigenvalue weighted by molar-refractivity contribution is 9.10.